The standard InChI is InChI=1S/C12H25N3OS2.HI/c1-11(2,17-4)7-14-10(13-3)15-8-12(16)5-6-18-9-12;/h16H,5-9H2,1-4H3,(H2,13,14,15);1H. The van der Waals surface area contributed by atoms with Gasteiger partial charge in [-0.1, -0.05) is 0 Å². The lowest BCUT2D eigenvalue weighted by atomic mass is 10.0. The number of rotatable bonds is 5. The molecule has 7 heteroatoms. The van der Waals surface area contributed by atoms with Crippen LogP contribution in [-0.4, -0.2) is 59.3 Å². The maximum atomic E-state index is 10.2. The quantitative estimate of drug-likeness (QED) is 0.360. The largest absolute Gasteiger partial charge is 0.387 e. The van der Waals surface area contributed by atoms with Gasteiger partial charge in [-0.15, -0.1) is 24.0 Å². The molecule has 1 aliphatic heterocycles. The smallest absolute Gasteiger partial charge is 0.191 e. The van der Waals surface area contributed by atoms with E-state index in [2.05, 4.69) is 35.7 Å². The highest BCUT2D eigenvalue weighted by molar-refractivity contribution is 14.0. The molecule has 1 unspecified atom stereocenters. The lowest BCUT2D eigenvalue weighted by Crippen LogP contribution is -2.49. The molecule has 3 N–H and O–H groups in total. The van der Waals surface area contributed by atoms with Crippen LogP contribution < -0.4 is 10.6 Å². The number of nitrogens with one attached hydrogen (secondary N) is 2. The predicted molar refractivity (Wildman–Crippen MR) is 99.3 cm³/mol. The second-order valence-corrected chi connectivity index (χ2v) is 7.89. The molecule has 0 spiro atoms. The SMILES string of the molecule is CN=C(NCC1(O)CCSC1)NCC(C)(C)SC.I. The van der Waals surface area contributed by atoms with E-state index in [4.69, 9.17) is 0 Å². The molecule has 1 atom stereocenters. The van der Waals surface area contributed by atoms with Crippen LogP contribution in [0.5, 0.6) is 0 Å². The molecule has 4 nitrogen and oxygen atoms in total. The van der Waals surface area contributed by atoms with Crippen LogP contribution in [0, 0.1) is 0 Å². The van der Waals surface area contributed by atoms with E-state index in [9.17, 15) is 5.11 Å². The average Bonchev–Trinajstić information content (AvgIpc) is 2.77. The monoisotopic (exact) mass is 419 g/mol. The molecule has 0 bridgehead atoms. The molecule has 0 aliphatic carbocycles. The molecular formula is C12H26IN3OS2. The van der Waals surface area contributed by atoms with E-state index in [1.807, 2.05) is 23.5 Å². The summed E-state index contributed by atoms with van der Waals surface area (Å²) in [6.07, 6.45) is 2.97. The van der Waals surface area contributed by atoms with E-state index in [1.54, 1.807) is 7.05 Å². The topological polar surface area (TPSA) is 56.7 Å². The summed E-state index contributed by atoms with van der Waals surface area (Å²) in [5, 5.41) is 16.8. The van der Waals surface area contributed by atoms with Gasteiger partial charge >= 0.3 is 0 Å². The van der Waals surface area contributed by atoms with E-state index in [0.717, 1.165) is 30.4 Å². The third kappa shape index (κ3) is 7.29. The van der Waals surface area contributed by atoms with Crippen molar-refractivity contribution in [1.82, 2.24) is 10.6 Å². The number of hydrogen-bond donors (Lipinski definition) is 3. The fraction of sp³-hybridized carbons (Fsp3) is 0.917. The summed E-state index contributed by atoms with van der Waals surface area (Å²) in [6.45, 7) is 5.80. The highest BCUT2D eigenvalue weighted by Gasteiger charge is 2.31. The molecular weight excluding hydrogens is 393 g/mol. The zero-order valence-electron chi connectivity index (χ0n) is 12.2. The van der Waals surface area contributed by atoms with Gasteiger partial charge in [-0.3, -0.25) is 4.99 Å². The molecule has 0 saturated carbocycles. The normalized spacial score (nSPS) is 23.9. The van der Waals surface area contributed by atoms with Gasteiger partial charge in [0.2, 0.25) is 0 Å². The van der Waals surface area contributed by atoms with Gasteiger partial charge < -0.3 is 15.7 Å². The van der Waals surface area contributed by atoms with Crippen LogP contribution in [0.25, 0.3) is 0 Å². The van der Waals surface area contributed by atoms with Crippen molar-refractivity contribution in [1.29, 1.82) is 0 Å². The van der Waals surface area contributed by atoms with Crippen LogP contribution in [0.15, 0.2) is 4.99 Å². The second kappa shape index (κ2) is 8.84. The summed E-state index contributed by atoms with van der Waals surface area (Å²) in [7, 11) is 1.76. The lowest BCUT2D eigenvalue weighted by molar-refractivity contribution is 0.0724. The zero-order valence-corrected chi connectivity index (χ0v) is 16.1. The maximum Gasteiger partial charge on any atom is 0.191 e. The van der Waals surface area contributed by atoms with Crippen LogP contribution in [0.4, 0.5) is 0 Å². The molecule has 1 aliphatic rings. The Balaban J connectivity index is 0.00000324. The van der Waals surface area contributed by atoms with Gasteiger partial charge in [0.15, 0.2) is 5.96 Å². The van der Waals surface area contributed by atoms with Crippen molar-refractivity contribution >= 4 is 53.5 Å². The van der Waals surface area contributed by atoms with Gasteiger partial charge in [0.05, 0.1) is 5.60 Å². The minimum absolute atomic E-state index is 0. The van der Waals surface area contributed by atoms with Crippen LogP contribution in [0.2, 0.25) is 0 Å². The van der Waals surface area contributed by atoms with Crippen molar-refractivity contribution < 1.29 is 5.11 Å². The highest BCUT2D eigenvalue weighted by atomic mass is 127. The zero-order chi connectivity index (χ0) is 13.6. The van der Waals surface area contributed by atoms with E-state index in [1.165, 1.54) is 0 Å². The fourth-order valence-corrected chi connectivity index (χ4v) is 3.09. The van der Waals surface area contributed by atoms with Crippen molar-refractivity contribution in [2.75, 3.05) is 37.9 Å². The van der Waals surface area contributed by atoms with E-state index in [0.29, 0.717) is 6.54 Å². The van der Waals surface area contributed by atoms with Crippen LogP contribution in [-0.2, 0) is 0 Å². The fourth-order valence-electron chi connectivity index (χ4n) is 1.57. The molecule has 0 aromatic rings. The first kappa shape index (κ1) is 19.7. The van der Waals surface area contributed by atoms with Crippen LogP contribution >= 0.6 is 47.5 Å². The van der Waals surface area contributed by atoms with Crippen LogP contribution in [0.3, 0.4) is 0 Å². The number of aliphatic imine (C=N–C) groups is 1. The van der Waals surface area contributed by atoms with Gasteiger partial charge in [-0.2, -0.15) is 23.5 Å². The summed E-state index contributed by atoms with van der Waals surface area (Å²) in [4.78, 5) is 4.18. The van der Waals surface area contributed by atoms with E-state index < -0.39 is 5.60 Å². The summed E-state index contributed by atoms with van der Waals surface area (Å²) in [6, 6.07) is 0. The Morgan fingerprint density at radius 3 is 2.63 bits per heavy atom. The van der Waals surface area contributed by atoms with Gasteiger partial charge in [-0.25, -0.2) is 0 Å². The number of guanidine groups is 1. The van der Waals surface area contributed by atoms with Crippen molar-refractivity contribution in [3.8, 4) is 0 Å². The van der Waals surface area contributed by atoms with Crippen molar-refractivity contribution in [3.05, 3.63) is 0 Å². The summed E-state index contributed by atoms with van der Waals surface area (Å²) >= 11 is 3.63. The van der Waals surface area contributed by atoms with Gasteiger partial charge in [-0.05, 0) is 32.3 Å². The Hall–Kier alpha value is 0.660. The first-order valence-electron chi connectivity index (χ1n) is 6.21. The number of aliphatic hydroxyl groups is 1. The summed E-state index contributed by atoms with van der Waals surface area (Å²) < 4.78 is 0.178. The highest BCUT2D eigenvalue weighted by Crippen LogP contribution is 2.26. The van der Waals surface area contributed by atoms with Crippen LogP contribution in [0.1, 0.15) is 20.3 Å². The average molecular weight is 419 g/mol. The Labute approximate surface area is 142 Å². The molecule has 0 aromatic carbocycles. The second-order valence-electron chi connectivity index (χ2n) is 5.27. The Kier molecular flexibility index (Phi) is 9.15. The molecule has 0 amide bonds. The number of halogens is 1. The van der Waals surface area contributed by atoms with E-state index >= 15 is 0 Å². The van der Waals surface area contributed by atoms with Crippen molar-refractivity contribution in [3.63, 3.8) is 0 Å². The van der Waals surface area contributed by atoms with Crippen molar-refractivity contribution in [2.45, 2.75) is 30.6 Å². The van der Waals surface area contributed by atoms with E-state index in [-0.39, 0.29) is 28.7 Å². The lowest BCUT2D eigenvalue weighted by Gasteiger charge is -2.26. The molecule has 114 valence electrons. The molecule has 1 rings (SSSR count). The molecule has 19 heavy (non-hydrogen) atoms. The Morgan fingerprint density at radius 2 is 2.16 bits per heavy atom. The van der Waals surface area contributed by atoms with Gasteiger partial charge in [0, 0.05) is 30.6 Å². The third-order valence-electron chi connectivity index (χ3n) is 3.13. The minimum Gasteiger partial charge on any atom is -0.387 e. The van der Waals surface area contributed by atoms with Gasteiger partial charge in [0.1, 0.15) is 0 Å². The third-order valence-corrected chi connectivity index (χ3v) is 5.61. The summed E-state index contributed by atoms with van der Waals surface area (Å²) in [5.41, 5.74) is -0.572. The molecule has 1 heterocycles. The summed E-state index contributed by atoms with van der Waals surface area (Å²) in [5.74, 6) is 2.62. The first-order valence-corrected chi connectivity index (χ1v) is 8.58. The Morgan fingerprint density at radius 1 is 1.47 bits per heavy atom. The molecule has 1 saturated heterocycles. The molecule has 1 fully saturated rings. The number of nitrogens with zero attached hydrogens (tertiary/aromatic N) is 1. The maximum absolute atomic E-state index is 10.2. The predicted octanol–water partition coefficient (Wildman–Crippen LogP) is 1.78. The first-order chi connectivity index (χ1) is 8.41. The van der Waals surface area contributed by atoms with Crippen molar-refractivity contribution in [2.24, 2.45) is 4.99 Å². The molecule has 0 radical (unpaired) electrons. The number of thioether (sulfide) groups is 2. The number of hydrogen-bond acceptors (Lipinski definition) is 4. The van der Waals surface area contributed by atoms with Gasteiger partial charge in [0.25, 0.3) is 0 Å². The minimum atomic E-state index is -0.572. The Bertz CT molecular complexity index is 295. The molecule has 0 aromatic heterocycles.